The first-order valence-electron chi connectivity index (χ1n) is 8.46. The van der Waals surface area contributed by atoms with Gasteiger partial charge in [0.05, 0.1) is 4.92 Å². The summed E-state index contributed by atoms with van der Waals surface area (Å²) in [6.07, 6.45) is 0.723. The molecule has 0 radical (unpaired) electrons. The van der Waals surface area contributed by atoms with E-state index >= 15 is 0 Å². The molecule has 1 atom stereocenters. The molecule has 0 aromatic heterocycles. The Morgan fingerprint density at radius 1 is 1.32 bits per heavy atom. The number of nitrogens with one attached hydrogen (secondary N) is 1. The minimum atomic E-state index is -0.450. The lowest BCUT2D eigenvalue weighted by molar-refractivity contribution is -0.384. The lowest BCUT2D eigenvalue weighted by Crippen LogP contribution is -2.40. The summed E-state index contributed by atoms with van der Waals surface area (Å²) in [6.45, 7) is 4.09. The fourth-order valence-corrected chi connectivity index (χ4v) is 2.71. The zero-order valence-corrected chi connectivity index (χ0v) is 14.8. The Kier molecular flexibility index (Phi) is 7.15. The van der Waals surface area contributed by atoms with Crippen molar-refractivity contribution in [1.29, 1.82) is 0 Å². The van der Waals surface area contributed by atoms with E-state index in [1.54, 1.807) is 17.0 Å². The van der Waals surface area contributed by atoms with Crippen LogP contribution in [0, 0.1) is 16.0 Å². The number of nitrogens with zero attached hydrogens (tertiary/aromatic N) is 3. The third-order valence-electron chi connectivity index (χ3n) is 4.23. The Morgan fingerprint density at radius 2 is 2.04 bits per heavy atom. The summed E-state index contributed by atoms with van der Waals surface area (Å²) in [5.74, 6) is 0.453. The van der Waals surface area contributed by atoms with Crippen molar-refractivity contribution >= 4 is 11.8 Å². The smallest absolute Gasteiger partial charge is 0.410 e. The van der Waals surface area contributed by atoms with Gasteiger partial charge in [0.25, 0.3) is 5.69 Å². The molecule has 0 bridgehead atoms. The van der Waals surface area contributed by atoms with Crippen molar-refractivity contribution in [3.05, 3.63) is 39.9 Å². The lowest BCUT2D eigenvalue weighted by atomic mass is 10.1. The molecule has 25 heavy (non-hydrogen) atoms. The van der Waals surface area contributed by atoms with Crippen LogP contribution in [0.3, 0.4) is 0 Å². The second-order valence-electron chi connectivity index (χ2n) is 6.59. The minimum Gasteiger partial charge on any atom is -0.445 e. The van der Waals surface area contributed by atoms with Crippen LogP contribution < -0.4 is 5.32 Å². The van der Waals surface area contributed by atoms with Gasteiger partial charge in [-0.25, -0.2) is 4.79 Å². The van der Waals surface area contributed by atoms with Crippen molar-refractivity contribution in [2.45, 2.75) is 13.0 Å². The highest BCUT2D eigenvalue weighted by molar-refractivity contribution is 5.67. The SMILES string of the molecule is CN(C)CCN(C[C@H]1CCNC1)C(=O)OCc1ccc([N+](=O)[O-])cc1. The van der Waals surface area contributed by atoms with Gasteiger partial charge < -0.3 is 19.9 Å². The fourth-order valence-electron chi connectivity index (χ4n) is 2.71. The number of hydrogen-bond acceptors (Lipinski definition) is 6. The molecule has 1 aromatic rings. The second-order valence-corrected chi connectivity index (χ2v) is 6.59. The third-order valence-corrected chi connectivity index (χ3v) is 4.23. The van der Waals surface area contributed by atoms with Crippen LogP contribution in [0.25, 0.3) is 0 Å². The van der Waals surface area contributed by atoms with Gasteiger partial charge in [-0.3, -0.25) is 10.1 Å². The summed E-state index contributed by atoms with van der Waals surface area (Å²) >= 11 is 0. The topological polar surface area (TPSA) is 88.0 Å². The van der Waals surface area contributed by atoms with Crippen LogP contribution in [0.4, 0.5) is 10.5 Å². The van der Waals surface area contributed by atoms with Gasteiger partial charge in [-0.05, 0) is 57.2 Å². The van der Waals surface area contributed by atoms with E-state index in [-0.39, 0.29) is 18.4 Å². The molecule has 0 saturated carbocycles. The highest BCUT2D eigenvalue weighted by Crippen LogP contribution is 2.14. The third kappa shape index (κ3) is 6.32. The number of carbonyl (C=O) groups is 1. The van der Waals surface area contributed by atoms with Crippen LogP contribution in [0.15, 0.2) is 24.3 Å². The monoisotopic (exact) mass is 350 g/mol. The highest BCUT2D eigenvalue weighted by atomic mass is 16.6. The molecule has 1 heterocycles. The zero-order valence-electron chi connectivity index (χ0n) is 14.8. The second kappa shape index (κ2) is 9.33. The van der Waals surface area contributed by atoms with E-state index in [2.05, 4.69) is 5.32 Å². The van der Waals surface area contributed by atoms with Gasteiger partial charge in [0.1, 0.15) is 6.61 Å². The molecule has 1 aliphatic rings. The normalized spacial score (nSPS) is 16.8. The summed E-state index contributed by atoms with van der Waals surface area (Å²) < 4.78 is 5.41. The maximum absolute atomic E-state index is 12.4. The van der Waals surface area contributed by atoms with Crippen molar-refractivity contribution in [2.24, 2.45) is 5.92 Å². The molecule has 1 saturated heterocycles. The van der Waals surface area contributed by atoms with Crippen molar-refractivity contribution in [1.82, 2.24) is 15.1 Å². The molecule has 8 nitrogen and oxygen atoms in total. The molecule has 0 spiro atoms. The molecule has 1 N–H and O–H groups in total. The number of amides is 1. The lowest BCUT2D eigenvalue weighted by Gasteiger charge is -2.26. The first-order valence-corrected chi connectivity index (χ1v) is 8.46. The van der Waals surface area contributed by atoms with Crippen LogP contribution in [0.2, 0.25) is 0 Å². The van der Waals surface area contributed by atoms with Crippen LogP contribution in [0.1, 0.15) is 12.0 Å². The zero-order chi connectivity index (χ0) is 18.2. The number of benzene rings is 1. The minimum absolute atomic E-state index is 0.0245. The quantitative estimate of drug-likeness (QED) is 0.567. The predicted molar refractivity (Wildman–Crippen MR) is 94.4 cm³/mol. The Bertz CT molecular complexity index is 571. The van der Waals surface area contributed by atoms with Gasteiger partial charge in [-0.15, -0.1) is 0 Å². The molecular formula is C17H26N4O4. The number of non-ortho nitro benzene ring substituents is 1. The number of hydrogen-bond donors (Lipinski definition) is 1. The highest BCUT2D eigenvalue weighted by Gasteiger charge is 2.22. The molecule has 1 fully saturated rings. The average molecular weight is 350 g/mol. The first-order chi connectivity index (χ1) is 12.0. The van der Waals surface area contributed by atoms with Crippen LogP contribution in [0.5, 0.6) is 0 Å². The van der Waals surface area contributed by atoms with E-state index in [4.69, 9.17) is 4.74 Å². The Balaban J connectivity index is 1.89. The number of nitro benzene ring substituents is 1. The van der Waals surface area contributed by atoms with Gasteiger partial charge in [0, 0.05) is 31.8 Å². The van der Waals surface area contributed by atoms with Gasteiger partial charge in [-0.1, -0.05) is 0 Å². The summed E-state index contributed by atoms with van der Waals surface area (Å²) in [5.41, 5.74) is 0.755. The van der Waals surface area contributed by atoms with E-state index in [1.165, 1.54) is 12.1 Å². The van der Waals surface area contributed by atoms with E-state index in [1.807, 2.05) is 19.0 Å². The first kappa shape index (κ1) is 19.1. The summed E-state index contributed by atoms with van der Waals surface area (Å²) in [6, 6.07) is 6.04. The molecule has 1 aromatic carbocycles. The largest absolute Gasteiger partial charge is 0.445 e. The van der Waals surface area contributed by atoms with E-state index in [0.717, 1.165) is 31.6 Å². The molecule has 1 amide bonds. The van der Waals surface area contributed by atoms with Gasteiger partial charge in [-0.2, -0.15) is 0 Å². The maximum Gasteiger partial charge on any atom is 0.410 e. The average Bonchev–Trinajstić information content (AvgIpc) is 3.09. The molecule has 138 valence electrons. The molecule has 2 rings (SSSR count). The Morgan fingerprint density at radius 3 is 2.60 bits per heavy atom. The van der Waals surface area contributed by atoms with Crippen LogP contribution in [-0.4, -0.2) is 67.6 Å². The molecule has 8 heteroatoms. The number of carbonyl (C=O) groups excluding carboxylic acids is 1. The van der Waals surface area contributed by atoms with Gasteiger partial charge in [0.15, 0.2) is 0 Å². The number of rotatable bonds is 8. The Labute approximate surface area is 147 Å². The van der Waals surface area contributed by atoms with Gasteiger partial charge in [0.2, 0.25) is 0 Å². The van der Waals surface area contributed by atoms with E-state index < -0.39 is 4.92 Å². The molecule has 0 unspecified atom stereocenters. The van der Waals surface area contributed by atoms with Crippen molar-refractivity contribution in [2.75, 3.05) is 46.8 Å². The number of nitro groups is 1. The fraction of sp³-hybridized carbons (Fsp3) is 0.588. The number of ether oxygens (including phenoxy) is 1. The van der Waals surface area contributed by atoms with Crippen LogP contribution in [-0.2, 0) is 11.3 Å². The Hall–Kier alpha value is -2.19. The number of likely N-dealkylation sites (N-methyl/N-ethyl adjacent to an activating group) is 1. The molecular weight excluding hydrogens is 324 g/mol. The van der Waals surface area contributed by atoms with Gasteiger partial charge >= 0.3 is 6.09 Å². The summed E-state index contributed by atoms with van der Waals surface area (Å²) in [4.78, 5) is 26.4. The standard InChI is InChI=1S/C17H26N4O4/c1-19(2)9-10-20(12-15-7-8-18-11-15)17(22)25-13-14-3-5-16(6-4-14)21(23)24/h3-6,15,18H,7-13H2,1-2H3/t15-/m0/s1. The predicted octanol–water partition coefficient (Wildman–Crippen LogP) is 1.70. The summed E-state index contributed by atoms with van der Waals surface area (Å²) in [7, 11) is 3.94. The van der Waals surface area contributed by atoms with Crippen molar-refractivity contribution in [3.63, 3.8) is 0 Å². The van der Waals surface area contributed by atoms with Crippen molar-refractivity contribution in [3.8, 4) is 0 Å². The van der Waals surface area contributed by atoms with E-state index in [9.17, 15) is 14.9 Å². The van der Waals surface area contributed by atoms with E-state index in [0.29, 0.717) is 19.0 Å². The maximum atomic E-state index is 12.4. The van der Waals surface area contributed by atoms with Crippen molar-refractivity contribution < 1.29 is 14.5 Å². The summed E-state index contributed by atoms with van der Waals surface area (Å²) in [5, 5.41) is 14.0. The van der Waals surface area contributed by atoms with Crippen LogP contribution >= 0.6 is 0 Å². The molecule has 0 aliphatic carbocycles. The molecule has 1 aliphatic heterocycles.